The third-order valence-electron chi connectivity index (χ3n) is 4.69. The molecule has 0 saturated carbocycles. The fraction of sp³-hybridized carbons (Fsp3) is 0.294. The first-order valence-corrected chi connectivity index (χ1v) is 9.69. The number of nitrogen functional groups attached to an aromatic ring is 1. The maximum atomic E-state index is 12.9. The summed E-state index contributed by atoms with van der Waals surface area (Å²) in [6.07, 6.45) is -4.91. The van der Waals surface area contributed by atoms with Crippen molar-refractivity contribution < 1.29 is 23.1 Å². The highest BCUT2D eigenvalue weighted by Crippen LogP contribution is 2.47. The predicted molar refractivity (Wildman–Crippen MR) is 99.2 cm³/mol. The van der Waals surface area contributed by atoms with Crippen LogP contribution in [-0.2, 0) is 12.6 Å². The van der Waals surface area contributed by atoms with Crippen LogP contribution in [0, 0.1) is 0 Å². The largest absolute Gasteiger partial charge is 0.465 e. The standard InChI is InChI=1S/C17H14F3N3O2S2/c1-7-13-9(4-5-23(7)16(24)25)12(14(21)27-13)15-22-10-6-8(17(18,19)20)2-3-11(10)26-15/h2-3,6-7H,4-5,21H2,1H3,(H,24,25). The molecule has 0 spiro atoms. The molecule has 0 saturated heterocycles. The normalized spacial score (nSPS) is 17.3. The lowest BCUT2D eigenvalue weighted by atomic mass is 9.99. The number of carbonyl (C=O) groups is 1. The Balaban J connectivity index is 1.81. The number of thiophene rings is 1. The molecule has 4 rings (SSSR count). The van der Waals surface area contributed by atoms with Crippen molar-refractivity contribution in [2.45, 2.75) is 25.6 Å². The van der Waals surface area contributed by atoms with Crippen molar-refractivity contribution in [3.63, 3.8) is 0 Å². The maximum Gasteiger partial charge on any atom is 0.416 e. The van der Waals surface area contributed by atoms with Crippen LogP contribution in [-0.4, -0.2) is 27.6 Å². The number of hydrogen-bond acceptors (Lipinski definition) is 5. The van der Waals surface area contributed by atoms with E-state index in [2.05, 4.69) is 4.98 Å². The van der Waals surface area contributed by atoms with E-state index in [1.165, 1.54) is 33.6 Å². The molecule has 0 bridgehead atoms. The Labute approximate surface area is 159 Å². The first kappa shape index (κ1) is 18.1. The Morgan fingerprint density at radius 3 is 2.78 bits per heavy atom. The number of carboxylic acid groups (broad SMARTS) is 1. The van der Waals surface area contributed by atoms with Crippen LogP contribution in [0.5, 0.6) is 0 Å². The van der Waals surface area contributed by atoms with Gasteiger partial charge in [0.05, 0.1) is 26.8 Å². The molecule has 10 heteroatoms. The average Bonchev–Trinajstić information content (AvgIpc) is 3.13. The number of amides is 1. The van der Waals surface area contributed by atoms with Crippen molar-refractivity contribution in [1.29, 1.82) is 0 Å². The highest BCUT2D eigenvalue weighted by molar-refractivity contribution is 7.22. The van der Waals surface area contributed by atoms with Gasteiger partial charge in [0.25, 0.3) is 0 Å². The fourth-order valence-corrected chi connectivity index (χ4v) is 5.64. The van der Waals surface area contributed by atoms with Crippen LogP contribution in [0.15, 0.2) is 18.2 Å². The van der Waals surface area contributed by atoms with Crippen LogP contribution in [0.3, 0.4) is 0 Å². The third kappa shape index (κ3) is 2.92. The lowest BCUT2D eigenvalue weighted by Gasteiger charge is -2.31. The Bertz CT molecular complexity index is 1060. The monoisotopic (exact) mass is 413 g/mol. The molecule has 1 aromatic carbocycles. The topological polar surface area (TPSA) is 79.5 Å². The highest BCUT2D eigenvalue weighted by Gasteiger charge is 2.34. The maximum absolute atomic E-state index is 12.9. The van der Waals surface area contributed by atoms with Gasteiger partial charge in [0.2, 0.25) is 0 Å². The molecule has 2 aromatic heterocycles. The number of halogens is 3. The van der Waals surface area contributed by atoms with E-state index in [4.69, 9.17) is 5.73 Å². The highest BCUT2D eigenvalue weighted by atomic mass is 32.1. The molecule has 0 aliphatic carbocycles. The number of alkyl halides is 3. The van der Waals surface area contributed by atoms with Crippen LogP contribution in [0.4, 0.5) is 23.0 Å². The fourth-order valence-electron chi connectivity index (χ4n) is 3.36. The summed E-state index contributed by atoms with van der Waals surface area (Å²) in [6.45, 7) is 2.15. The molecule has 3 aromatic rings. The van der Waals surface area contributed by atoms with Crippen molar-refractivity contribution in [2.24, 2.45) is 0 Å². The number of benzene rings is 1. The Morgan fingerprint density at radius 2 is 2.11 bits per heavy atom. The lowest BCUT2D eigenvalue weighted by Crippen LogP contribution is -2.37. The number of hydrogen-bond donors (Lipinski definition) is 2. The molecule has 0 fully saturated rings. The van der Waals surface area contributed by atoms with Gasteiger partial charge >= 0.3 is 12.3 Å². The predicted octanol–water partition coefficient (Wildman–Crippen LogP) is 5.22. The number of nitrogens with two attached hydrogens (primary N) is 1. The molecule has 0 radical (unpaired) electrons. The zero-order valence-corrected chi connectivity index (χ0v) is 15.6. The first-order valence-electron chi connectivity index (χ1n) is 8.05. The van der Waals surface area contributed by atoms with Gasteiger partial charge in [0, 0.05) is 17.0 Å². The van der Waals surface area contributed by atoms with Crippen LogP contribution < -0.4 is 5.73 Å². The van der Waals surface area contributed by atoms with Gasteiger partial charge in [-0.25, -0.2) is 9.78 Å². The molecule has 3 heterocycles. The molecule has 142 valence electrons. The van der Waals surface area contributed by atoms with Crippen molar-refractivity contribution in [3.8, 4) is 10.6 Å². The van der Waals surface area contributed by atoms with E-state index in [0.717, 1.165) is 28.1 Å². The summed E-state index contributed by atoms with van der Waals surface area (Å²) < 4.78 is 39.5. The zero-order valence-electron chi connectivity index (χ0n) is 14.0. The van der Waals surface area contributed by atoms with Gasteiger partial charge in [-0.2, -0.15) is 13.2 Å². The number of aromatic nitrogens is 1. The van der Waals surface area contributed by atoms with Crippen molar-refractivity contribution in [1.82, 2.24) is 9.88 Å². The molecule has 1 amide bonds. The summed E-state index contributed by atoms with van der Waals surface area (Å²) in [5, 5.41) is 10.4. The van der Waals surface area contributed by atoms with E-state index < -0.39 is 17.8 Å². The van der Waals surface area contributed by atoms with Crippen molar-refractivity contribution in [2.75, 3.05) is 12.3 Å². The zero-order chi connectivity index (χ0) is 19.5. The Hall–Kier alpha value is -2.33. The first-order chi connectivity index (χ1) is 12.7. The smallest absolute Gasteiger partial charge is 0.416 e. The van der Waals surface area contributed by atoms with Gasteiger partial charge < -0.3 is 15.7 Å². The number of thiazole rings is 1. The number of rotatable bonds is 1. The number of anilines is 1. The quantitative estimate of drug-likeness (QED) is 0.573. The van der Waals surface area contributed by atoms with Crippen LogP contribution >= 0.6 is 22.7 Å². The van der Waals surface area contributed by atoms with Crippen molar-refractivity contribution in [3.05, 3.63) is 34.2 Å². The molecule has 1 aliphatic rings. The van der Waals surface area contributed by atoms with E-state index in [1.54, 1.807) is 6.92 Å². The molecule has 1 atom stereocenters. The lowest BCUT2D eigenvalue weighted by molar-refractivity contribution is -0.137. The van der Waals surface area contributed by atoms with E-state index >= 15 is 0 Å². The van der Waals surface area contributed by atoms with Gasteiger partial charge in [-0.05, 0) is 37.1 Å². The summed E-state index contributed by atoms with van der Waals surface area (Å²) in [4.78, 5) is 18.0. The van der Waals surface area contributed by atoms with E-state index in [0.29, 0.717) is 27.7 Å². The second-order valence-electron chi connectivity index (χ2n) is 6.29. The van der Waals surface area contributed by atoms with Crippen LogP contribution in [0.2, 0.25) is 0 Å². The van der Waals surface area contributed by atoms with E-state index in [9.17, 15) is 23.1 Å². The minimum absolute atomic E-state index is 0.278. The second kappa shape index (κ2) is 6.10. The van der Waals surface area contributed by atoms with Gasteiger partial charge in [-0.1, -0.05) is 0 Å². The van der Waals surface area contributed by atoms with Gasteiger partial charge in [-0.3, -0.25) is 0 Å². The summed E-state index contributed by atoms with van der Waals surface area (Å²) in [5.74, 6) is 0. The minimum Gasteiger partial charge on any atom is -0.465 e. The number of fused-ring (bicyclic) bond motifs is 2. The molecule has 1 aliphatic heterocycles. The van der Waals surface area contributed by atoms with E-state index in [-0.39, 0.29) is 11.6 Å². The molecule has 1 unspecified atom stereocenters. The summed E-state index contributed by atoms with van der Waals surface area (Å²) in [5.41, 5.74) is 7.40. The number of nitrogens with zero attached hydrogens (tertiary/aromatic N) is 2. The summed E-state index contributed by atoms with van der Waals surface area (Å²) in [6, 6.07) is 3.18. The second-order valence-corrected chi connectivity index (χ2v) is 8.40. The molecule has 27 heavy (non-hydrogen) atoms. The summed E-state index contributed by atoms with van der Waals surface area (Å²) >= 11 is 2.61. The molecular formula is C17H14F3N3O2S2. The van der Waals surface area contributed by atoms with Crippen LogP contribution in [0.25, 0.3) is 20.8 Å². The van der Waals surface area contributed by atoms with Gasteiger partial charge in [0.15, 0.2) is 0 Å². The van der Waals surface area contributed by atoms with Crippen LogP contribution in [0.1, 0.15) is 29.0 Å². The van der Waals surface area contributed by atoms with Crippen molar-refractivity contribution >= 4 is 44.0 Å². The van der Waals surface area contributed by atoms with Gasteiger partial charge in [0.1, 0.15) is 5.01 Å². The Kier molecular flexibility index (Phi) is 4.08. The third-order valence-corrected chi connectivity index (χ3v) is 6.97. The van der Waals surface area contributed by atoms with Gasteiger partial charge in [-0.15, -0.1) is 22.7 Å². The molecule has 5 nitrogen and oxygen atoms in total. The minimum atomic E-state index is -4.42. The summed E-state index contributed by atoms with van der Waals surface area (Å²) in [7, 11) is 0. The molecular weight excluding hydrogens is 399 g/mol. The molecule has 3 N–H and O–H groups in total. The average molecular weight is 413 g/mol. The van der Waals surface area contributed by atoms with E-state index in [1.807, 2.05) is 0 Å². The Morgan fingerprint density at radius 1 is 1.37 bits per heavy atom. The SMILES string of the molecule is CC1c2sc(N)c(-c3nc4cc(C(F)(F)F)ccc4s3)c2CCN1C(=O)O.